The minimum atomic E-state index is -3.91. The number of benzene rings is 2. The maximum absolute atomic E-state index is 12.4. The molecular formula is C15H15N3O4S. The first-order valence-corrected chi connectivity index (χ1v) is 8.07. The minimum Gasteiger partial charge on any atom is -0.362 e. The van der Waals surface area contributed by atoms with Crippen LogP contribution in [0, 0.1) is 10.1 Å². The van der Waals surface area contributed by atoms with E-state index in [2.05, 4.69) is 4.40 Å². The van der Waals surface area contributed by atoms with Crippen molar-refractivity contribution in [2.75, 3.05) is 14.1 Å². The van der Waals surface area contributed by atoms with Gasteiger partial charge in [0, 0.05) is 31.8 Å². The first-order valence-electron chi connectivity index (χ1n) is 6.63. The molecule has 0 atom stereocenters. The summed E-state index contributed by atoms with van der Waals surface area (Å²) in [4.78, 5) is 11.9. The fourth-order valence-corrected chi connectivity index (χ4v) is 3.01. The molecule has 0 aliphatic rings. The van der Waals surface area contributed by atoms with Gasteiger partial charge in [-0.25, -0.2) is 0 Å². The van der Waals surface area contributed by atoms with E-state index >= 15 is 0 Å². The Morgan fingerprint density at radius 2 is 1.74 bits per heavy atom. The molecule has 0 unspecified atom stereocenters. The molecule has 0 aliphatic heterocycles. The highest BCUT2D eigenvalue weighted by molar-refractivity contribution is 7.90. The van der Waals surface area contributed by atoms with Gasteiger partial charge in [0.1, 0.15) is 5.84 Å². The monoisotopic (exact) mass is 333 g/mol. The largest absolute Gasteiger partial charge is 0.362 e. The zero-order chi connectivity index (χ0) is 17.0. The number of non-ortho nitro benzene ring substituents is 1. The molecule has 0 fully saturated rings. The highest BCUT2D eigenvalue weighted by Gasteiger charge is 2.18. The van der Waals surface area contributed by atoms with Crippen LogP contribution >= 0.6 is 0 Å². The second kappa shape index (κ2) is 6.57. The molecule has 0 aliphatic carbocycles. The van der Waals surface area contributed by atoms with E-state index in [1.807, 2.05) is 0 Å². The van der Waals surface area contributed by atoms with Crippen LogP contribution in [0.1, 0.15) is 5.56 Å². The lowest BCUT2D eigenvalue weighted by Crippen LogP contribution is -2.24. The molecule has 0 N–H and O–H groups in total. The van der Waals surface area contributed by atoms with Crippen molar-refractivity contribution in [1.82, 2.24) is 4.90 Å². The Morgan fingerprint density at radius 3 is 2.30 bits per heavy atom. The van der Waals surface area contributed by atoms with Crippen LogP contribution in [0.3, 0.4) is 0 Å². The lowest BCUT2D eigenvalue weighted by atomic mass is 10.2. The fraction of sp³-hybridized carbons (Fsp3) is 0.133. The molecule has 0 saturated carbocycles. The van der Waals surface area contributed by atoms with Crippen molar-refractivity contribution in [3.63, 3.8) is 0 Å². The van der Waals surface area contributed by atoms with Gasteiger partial charge in [-0.3, -0.25) is 10.1 Å². The summed E-state index contributed by atoms with van der Waals surface area (Å²) in [5, 5.41) is 10.9. The van der Waals surface area contributed by atoms with Gasteiger partial charge in [-0.1, -0.05) is 30.3 Å². The number of hydrogen-bond acceptors (Lipinski definition) is 4. The first-order chi connectivity index (χ1) is 10.8. The molecule has 0 heterocycles. The van der Waals surface area contributed by atoms with Gasteiger partial charge in [0.15, 0.2) is 0 Å². The Bertz CT molecular complexity index is 846. The van der Waals surface area contributed by atoms with Gasteiger partial charge in [-0.05, 0) is 12.1 Å². The molecule has 7 nitrogen and oxygen atoms in total. The number of nitro benzene ring substituents is 1. The highest BCUT2D eigenvalue weighted by Crippen LogP contribution is 2.18. The van der Waals surface area contributed by atoms with Crippen LogP contribution in [-0.2, 0) is 10.0 Å². The summed E-state index contributed by atoms with van der Waals surface area (Å²) in [6.45, 7) is 0. The van der Waals surface area contributed by atoms with Gasteiger partial charge < -0.3 is 4.90 Å². The molecule has 0 amide bonds. The summed E-state index contributed by atoms with van der Waals surface area (Å²) < 4.78 is 28.6. The molecule has 0 saturated heterocycles. The maximum atomic E-state index is 12.4. The quantitative estimate of drug-likeness (QED) is 0.370. The van der Waals surface area contributed by atoms with E-state index in [4.69, 9.17) is 0 Å². The van der Waals surface area contributed by atoms with Gasteiger partial charge in [0.25, 0.3) is 15.7 Å². The molecule has 120 valence electrons. The highest BCUT2D eigenvalue weighted by atomic mass is 32.2. The predicted octanol–water partition coefficient (Wildman–Crippen LogP) is 2.29. The van der Waals surface area contributed by atoms with Crippen LogP contribution in [0.5, 0.6) is 0 Å². The Kier molecular flexibility index (Phi) is 4.75. The van der Waals surface area contributed by atoms with E-state index < -0.39 is 14.9 Å². The van der Waals surface area contributed by atoms with Crippen LogP contribution in [0.2, 0.25) is 0 Å². The fourth-order valence-electron chi connectivity index (χ4n) is 1.91. The Hall–Kier alpha value is -2.74. The summed E-state index contributed by atoms with van der Waals surface area (Å²) in [7, 11) is -0.663. The number of nitro groups is 1. The molecule has 8 heteroatoms. The summed E-state index contributed by atoms with van der Waals surface area (Å²) in [5.74, 6) is 0.123. The van der Waals surface area contributed by atoms with E-state index in [0.29, 0.717) is 5.56 Å². The van der Waals surface area contributed by atoms with E-state index in [0.717, 1.165) is 0 Å². The average Bonchev–Trinajstić information content (AvgIpc) is 2.53. The van der Waals surface area contributed by atoms with Crippen molar-refractivity contribution in [2.24, 2.45) is 4.40 Å². The van der Waals surface area contributed by atoms with Crippen LogP contribution in [0.15, 0.2) is 63.9 Å². The molecular weight excluding hydrogens is 318 g/mol. The summed E-state index contributed by atoms with van der Waals surface area (Å²) in [5.41, 5.74) is 0.220. The SMILES string of the molecule is CN(C)/C(=N/S(=O)(=O)c1ccccc1)c1cccc([N+](=O)[O-])c1. The lowest BCUT2D eigenvalue weighted by molar-refractivity contribution is -0.384. The van der Waals surface area contributed by atoms with Gasteiger partial charge in [-0.2, -0.15) is 8.42 Å². The number of sulfonamides is 1. The molecule has 0 aromatic heterocycles. The second-order valence-corrected chi connectivity index (χ2v) is 6.51. The van der Waals surface area contributed by atoms with Crippen LogP contribution < -0.4 is 0 Å². The number of hydrogen-bond donors (Lipinski definition) is 0. The summed E-state index contributed by atoms with van der Waals surface area (Å²) in [6, 6.07) is 13.5. The smallest absolute Gasteiger partial charge is 0.284 e. The Balaban J connectivity index is 2.55. The Labute approximate surface area is 134 Å². The number of nitrogens with zero attached hydrogens (tertiary/aromatic N) is 3. The average molecular weight is 333 g/mol. The van der Waals surface area contributed by atoms with Crippen molar-refractivity contribution in [3.05, 3.63) is 70.3 Å². The van der Waals surface area contributed by atoms with E-state index in [1.165, 1.54) is 35.2 Å². The van der Waals surface area contributed by atoms with E-state index in [9.17, 15) is 18.5 Å². The maximum Gasteiger partial charge on any atom is 0.284 e. The number of amidine groups is 1. The van der Waals surface area contributed by atoms with Crippen molar-refractivity contribution < 1.29 is 13.3 Å². The molecule has 23 heavy (non-hydrogen) atoms. The van der Waals surface area contributed by atoms with Crippen molar-refractivity contribution in [2.45, 2.75) is 4.90 Å². The predicted molar refractivity (Wildman–Crippen MR) is 86.9 cm³/mol. The standard InChI is InChI=1S/C15H15N3O4S/c1-17(2)15(12-7-6-8-13(11-12)18(19)20)16-23(21,22)14-9-4-3-5-10-14/h3-11H,1-2H3/b16-15+. The normalized spacial score (nSPS) is 12.0. The third-order valence-corrected chi connectivity index (χ3v) is 4.27. The molecule has 0 radical (unpaired) electrons. The molecule has 2 rings (SSSR count). The molecule has 0 bridgehead atoms. The van der Waals surface area contributed by atoms with Gasteiger partial charge in [-0.15, -0.1) is 4.40 Å². The van der Waals surface area contributed by atoms with Crippen molar-refractivity contribution >= 4 is 21.5 Å². The second-order valence-electron chi connectivity index (χ2n) is 4.90. The van der Waals surface area contributed by atoms with Crippen LogP contribution in [0.4, 0.5) is 5.69 Å². The van der Waals surface area contributed by atoms with Gasteiger partial charge in [0.05, 0.1) is 9.82 Å². The zero-order valence-electron chi connectivity index (χ0n) is 12.6. The molecule has 2 aromatic carbocycles. The van der Waals surface area contributed by atoms with Crippen molar-refractivity contribution in [1.29, 1.82) is 0 Å². The van der Waals surface area contributed by atoms with Gasteiger partial charge >= 0.3 is 0 Å². The summed E-state index contributed by atoms with van der Waals surface area (Å²) >= 11 is 0. The van der Waals surface area contributed by atoms with Crippen LogP contribution in [-0.4, -0.2) is 38.2 Å². The van der Waals surface area contributed by atoms with Crippen molar-refractivity contribution in [3.8, 4) is 0 Å². The first kappa shape index (κ1) is 16.6. The van der Waals surface area contributed by atoms with E-state index in [-0.39, 0.29) is 16.4 Å². The zero-order valence-corrected chi connectivity index (χ0v) is 13.4. The topological polar surface area (TPSA) is 92.9 Å². The number of rotatable bonds is 4. The van der Waals surface area contributed by atoms with E-state index in [1.54, 1.807) is 38.4 Å². The third kappa shape index (κ3) is 3.92. The van der Waals surface area contributed by atoms with Gasteiger partial charge in [0.2, 0.25) is 0 Å². The van der Waals surface area contributed by atoms with Crippen LogP contribution in [0.25, 0.3) is 0 Å². The summed E-state index contributed by atoms with van der Waals surface area (Å²) in [6.07, 6.45) is 0. The minimum absolute atomic E-state index is 0.0600. The molecule has 0 spiro atoms. The lowest BCUT2D eigenvalue weighted by Gasteiger charge is -2.15. The molecule has 2 aromatic rings. The third-order valence-electron chi connectivity index (χ3n) is 2.99. The Morgan fingerprint density at radius 1 is 1.09 bits per heavy atom.